The molecule has 1 aromatic carbocycles. The zero-order valence-corrected chi connectivity index (χ0v) is 11.4. The van der Waals surface area contributed by atoms with Gasteiger partial charge in [0.15, 0.2) is 0 Å². The predicted molar refractivity (Wildman–Crippen MR) is 68.3 cm³/mol. The van der Waals surface area contributed by atoms with E-state index in [1.54, 1.807) is 0 Å². The summed E-state index contributed by atoms with van der Waals surface area (Å²) in [7, 11) is 0. The third kappa shape index (κ3) is 4.74. The molecule has 2 nitrogen and oxygen atoms in total. The molecule has 0 bridgehead atoms. The predicted octanol–water partition coefficient (Wildman–Crippen LogP) is 3.70. The minimum atomic E-state index is -4.45. The second kappa shape index (κ2) is 5.82. The van der Waals surface area contributed by atoms with Crippen molar-refractivity contribution >= 4 is 17.5 Å². The van der Waals surface area contributed by atoms with Crippen LogP contribution in [0.5, 0.6) is 0 Å². The Hall–Kier alpha value is -1.23. The normalized spacial score (nSPS) is 12.3. The van der Waals surface area contributed by atoms with E-state index in [1.807, 2.05) is 13.8 Å². The molecule has 6 heteroatoms. The number of carbonyl (C=O) groups excluding carboxylic acids is 1. The summed E-state index contributed by atoms with van der Waals surface area (Å²) in [6, 6.07) is 4.32. The molecule has 0 fully saturated rings. The van der Waals surface area contributed by atoms with Gasteiger partial charge in [0.05, 0.1) is 5.56 Å². The summed E-state index contributed by atoms with van der Waals surface area (Å²) in [5.41, 5.74) is -1.16. The van der Waals surface area contributed by atoms with Crippen LogP contribution in [0.25, 0.3) is 0 Å². The molecular formula is C13H15ClF3NO. The number of carbonyl (C=O) groups is 1. The highest BCUT2D eigenvalue weighted by Gasteiger charge is 2.31. The van der Waals surface area contributed by atoms with E-state index in [4.69, 9.17) is 11.6 Å². The average molecular weight is 294 g/mol. The molecule has 0 atom stereocenters. The van der Waals surface area contributed by atoms with E-state index >= 15 is 0 Å². The zero-order chi connectivity index (χ0) is 14.7. The van der Waals surface area contributed by atoms with Crippen LogP contribution in [-0.4, -0.2) is 18.3 Å². The van der Waals surface area contributed by atoms with E-state index in [1.165, 1.54) is 12.1 Å². The lowest BCUT2D eigenvalue weighted by molar-refractivity contribution is -0.137. The van der Waals surface area contributed by atoms with Gasteiger partial charge in [-0.15, -0.1) is 11.6 Å². The number of amides is 1. The number of halogens is 4. The third-order valence-electron chi connectivity index (χ3n) is 2.54. The Bertz CT molecular complexity index is 457. The molecular weight excluding hydrogens is 279 g/mol. The lowest BCUT2D eigenvalue weighted by atomic mass is 9.96. The van der Waals surface area contributed by atoms with Gasteiger partial charge in [0.1, 0.15) is 0 Å². The van der Waals surface area contributed by atoms with Crippen LogP contribution < -0.4 is 5.32 Å². The van der Waals surface area contributed by atoms with E-state index in [-0.39, 0.29) is 11.0 Å². The first-order valence-electron chi connectivity index (χ1n) is 5.67. The van der Waals surface area contributed by atoms with Crippen molar-refractivity contribution in [2.45, 2.75) is 20.0 Å². The van der Waals surface area contributed by atoms with Crippen molar-refractivity contribution in [1.29, 1.82) is 0 Å². The number of benzene rings is 1. The Balaban J connectivity index is 2.78. The summed E-state index contributed by atoms with van der Waals surface area (Å²) < 4.78 is 37.5. The number of rotatable bonds is 4. The Labute approximate surface area is 114 Å². The molecule has 106 valence electrons. The highest BCUT2D eigenvalue weighted by atomic mass is 35.5. The molecule has 0 heterocycles. The standard InChI is InChI=1S/C13H15ClF3NO/c1-12(2,7-14)8-18-11(19)9-4-3-5-10(6-9)13(15,16)17/h3-6H,7-8H2,1-2H3,(H,18,19). The third-order valence-corrected chi connectivity index (χ3v) is 3.26. The minimum Gasteiger partial charge on any atom is -0.351 e. The van der Waals surface area contributed by atoms with Gasteiger partial charge in [0.25, 0.3) is 5.91 Å². The number of hydrogen-bond donors (Lipinski definition) is 1. The Kier molecular flexibility index (Phi) is 4.85. The van der Waals surface area contributed by atoms with Crippen LogP contribution in [0.15, 0.2) is 24.3 Å². The fourth-order valence-corrected chi connectivity index (χ4v) is 1.40. The lowest BCUT2D eigenvalue weighted by Gasteiger charge is -2.21. The first kappa shape index (κ1) is 15.8. The van der Waals surface area contributed by atoms with Crippen LogP contribution in [0.3, 0.4) is 0 Å². The first-order valence-corrected chi connectivity index (χ1v) is 6.20. The maximum absolute atomic E-state index is 12.5. The molecule has 0 saturated heterocycles. The van der Waals surface area contributed by atoms with Crippen molar-refractivity contribution in [3.63, 3.8) is 0 Å². The summed E-state index contributed by atoms with van der Waals surface area (Å²) in [6.45, 7) is 4.00. The fraction of sp³-hybridized carbons (Fsp3) is 0.462. The van der Waals surface area contributed by atoms with Crippen molar-refractivity contribution in [3.8, 4) is 0 Å². The zero-order valence-electron chi connectivity index (χ0n) is 10.6. The maximum atomic E-state index is 12.5. The molecule has 0 aliphatic carbocycles. The SMILES string of the molecule is CC(C)(CCl)CNC(=O)c1cccc(C(F)(F)F)c1. The molecule has 1 amide bonds. The van der Waals surface area contributed by atoms with Crippen LogP contribution in [0.4, 0.5) is 13.2 Å². The van der Waals surface area contributed by atoms with Crippen molar-refractivity contribution in [2.24, 2.45) is 5.41 Å². The number of nitrogens with one attached hydrogen (secondary N) is 1. The Morgan fingerprint density at radius 2 is 1.95 bits per heavy atom. The molecule has 1 N–H and O–H groups in total. The Morgan fingerprint density at radius 1 is 1.32 bits per heavy atom. The van der Waals surface area contributed by atoms with Crippen molar-refractivity contribution in [2.75, 3.05) is 12.4 Å². The molecule has 0 spiro atoms. The second-order valence-corrected chi connectivity index (χ2v) is 5.33. The molecule has 19 heavy (non-hydrogen) atoms. The van der Waals surface area contributed by atoms with E-state index in [2.05, 4.69) is 5.32 Å². The van der Waals surface area contributed by atoms with Gasteiger partial charge < -0.3 is 5.32 Å². The quantitative estimate of drug-likeness (QED) is 0.843. The summed E-state index contributed by atoms with van der Waals surface area (Å²) >= 11 is 5.71. The summed E-state index contributed by atoms with van der Waals surface area (Å²) in [4.78, 5) is 11.8. The van der Waals surface area contributed by atoms with Crippen LogP contribution in [0, 0.1) is 5.41 Å². The highest BCUT2D eigenvalue weighted by molar-refractivity contribution is 6.18. The van der Waals surface area contributed by atoms with Crippen molar-refractivity contribution in [3.05, 3.63) is 35.4 Å². The smallest absolute Gasteiger partial charge is 0.351 e. The number of alkyl halides is 4. The molecule has 1 rings (SSSR count). The second-order valence-electron chi connectivity index (χ2n) is 5.06. The molecule has 0 aromatic heterocycles. The minimum absolute atomic E-state index is 0.0137. The summed E-state index contributed by atoms with van der Waals surface area (Å²) in [5, 5.41) is 2.58. The fourth-order valence-electron chi connectivity index (χ4n) is 1.31. The largest absolute Gasteiger partial charge is 0.416 e. The van der Waals surface area contributed by atoms with Gasteiger partial charge in [0, 0.05) is 18.0 Å². The van der Waals surface area contributed by atoms with E-state index < -0.39 is 17.6 Å². The monoisotopic (exact) mass is 293 g/mol. The van der Waals surface area contributed by atoms with Crippen LogP contribution in [0.1, 0.15) is 29.8 Å². The van der Waals surface area contributed by atoms with Gasteiger partial charge in [-0.3, -0.25) is 4.79 Å². The highest BCUT2D eigenvalue weighted by Crippen LogP contribution is 2.29. The summed E-state index contributed by atoms with van der Waals surface area (Å²) in [5.74, 6) is -0.195. The topological polar surface area (TPSA) is 29.1 Å². The van der Waals surface area contributed by atoms with Gasteiger partial charge >= 0.3 is 6.18 Å². The van der Waals surface area contributed by atoms with Crippen molar-refractivity contribution < 1.29 is 18.0 Å². The van der Waals surface area contributed by atoms with E-state index in [9.17, 15) is 18.0 Å². The molecule has 0 aliphatic heterocycles. The molecule has 0 radical (unpaired) electrons. The molecule has 0 unspecified atom stereocenters. The maximum Gasteiger partial charge on any atom is 0.416 e. The molecule has 0 aliphatic rings. The molecule has 1 aromatic rings. The average Bonchev–Trinajstić information content (AvgIpc) is 2.35. The van der Waals surface area contributed by atoms with E-state index in [0.29, 0.717) is 12.4 Å². The Morgan fingerprint density at radius 3 is 2.47 bits per heavy atom. The van der Waals surface area contributed by atoms with Gasteiger partial charge in [-0.05, 0) is 23.6 Å². The lowest BCUT2D eigenvalue weighted by Crippen LogP contribution is -2.35. The van der Waals surface area contributed by atoms with Crippen LogP contribution in [-0.2, 0) is 6.18 Å². The van der Waals surface area contributed by atoms with Gasteiger partial charge in [-0.2, -0.15) is 13.2 Å². The summed E-state index contributed by atoms with van der Waals surface area (Å²) in [6.07, 6.45) is -4.45. The van der Waals surface area contributed by atoms with Crippen LogP contribution in [0.2, 0.25) is 0 Å². The van der Waals surface area contributed by atoms with Crippen molar-refractivity contribution in [1.82, 2.24) is 5.32 Å². The van der Waals surface area contributed by atoms with Gasteiger partial charge in [0.2, 0.25) is 0 Å². The van der Waals surface area contributed by atoms with E-state index in [0.717, 1.165) is 12.1 Å². The first-order chi connectivity index (χ1) is 8.65. The molecule has 0 saturated carbocycles. The van der Waals surface area contributed by atoms with Crippen LogP contribution >= 0.6 is 11.6 Å². The number of hydrogen-bond acceptors (Lipinski definition) is 1. The van der Waals surface area contributed by atoms with Gasteiger partial charge in [-0.1, -0.05) is 19.9 Å². The van der Waals surface area contributed by atoms with Gasteiger partial charge in [-0.25, -0.2) is 0 Å².